The number of hydrogen-bond donors (Lipinski definition) is 2. The summed E-state index contributed by atoms with van der Waals surface area (Å²) in [5.41, 5.74) is 4.61. The summed E-state index contributed by atoms with van der Waals surface area (Å²) < 4.78 is 5.93. The zero-order valence-electron chi connectivity index (χ0n) is 17.8. The number of aromatic nitrogens is 1. The zero-order valence-corrected chi connectivity index (χ0v) is 18.6. The number of fused-ring (bicyclic) bond motifs is 1. The van der Waals surface area contributed by atoms with Crippen LogP contribution in [0.4, 0.5) is 5.69 Å². The number of thiocarbonyl (C=S) groups is 1. The minimum atomic E-state index is -0.0548. The summed E-state index contributed by atoms with van der Waals surface area (Å²) in [6, 6.07) is 13.8. The van der Waals surface area contributed by atoms with Crippen LogP contribution in [0.15, 0.2) is 46.9 Å². The average molecular weight is 424 g/mol. The van der Waals surface area contributed by atoms with Crippen LogP contribution in [0.25, 0.3) is 22.6 Å². The van der Waals surface area contributed by atoms with Crippen molar-refractivity contribution in [1.82, 2.24) is 10.3 Å². The summed E-state index contributed by atoms with van der Waals surface area (Å²) in [7, 11) is 0. The van der Waals surface area contributed by atoms with Gasteiger partial charge >= 0.3 is 0 Å². The summed E-state index contributed by atoms with van der Waals surface area (Å²) in [4.78, 5) is 16.5. The van der Waals surface area contributed by atoms with Crippen LogP contribution in [0.3, 0.4) is 0 Å². The molecule has 158 valence electrons. The number of carbonyl (C=O) groups excluding carboxylic acids is 1. The highest BCUT2D eigenvalue weighted by molar-refractivity contribution is 7.80. The Labute approximate surface area is 183 Å². The van der Waals surface area contributed by atoms with E-state index < -0.39 is 0 Å². The number of nitrogens with zero attached hydrogens (tertiary/aromatic N) is 1. The second-order valence-electron chi connectivity index (χ2n) is 7.59. The van der Waals surface area contributed by atoms with Crippen molar-refractivity contribution in [3.8, 4) is 11.5 Å². The molecule has 0 radical (unpaired) electrons. The first-order valence-electron chi connectivity index (χ1n) is 10.6. The second-order valence-corrected chi connectivity index (χ2v) is 8.00. The number of nitrogens with one attached hydrogen (secondary N) is 2. The van der Waals surface area contributed by atoms with Gasteiger partial charge in [0.1, 0.15) is 5.52 Å². The molecule has 2 N–H and O–H groups in total. The van der Waals surface area contributed by atoms with Gasteiger partial charge in [-0.25, -0.2) is 4.98 Å². The number of benzene rings is 2. The molecule has 0 aliphatic carbocycles. The van der Waals surface area contributed by atoms with Gasteiger partial charge in [0.05, 0.1) is 0 Å². The van der Waals surface area contributed by atoms with Gasteiger partial charge in [-0.05, 0) is 72.9 Å². The lowest BCUT2D eigenvalue weighted by Gasteiger charge is -2.09. The molecule has 0 aliphatic rings. The van der Waals surface area contributed by atoms with Crippen LogP contribution >= 0.6 is 12.2 Å². The predicted octanol–water partition coefficient (Wildman–Crippen LogP) is 6.40. The topological polar surface area (TPSA) is 67.2 Å². The zero-order chi connectivity index (χ0) is 21.5. The van der Waals surface area contributed by atoms with E-state index >= 15 is 0 Å². The summed E-state index contributed by atoms with van der Waals surface area (Å²) in [5.74, 6) is 1.03. The fourth-order valence-corrected chi connectivity index (χ4v) is 3.43. The number of hydrogen-bond acceptors (Lipinski definition) is 4. The van der Waals surface area contributed by atoms with E-state index in [0.717, 1.165) is 48.0 Å². The number of amides is 1. The standard InChI is InChI=1S/C24H29N3O2S/c1-4-6-7-8-22(28)27-24(30)25-19-12-9-17(10-13-19)23-26-20-15-18(16(3)5-2)11-14-21(20)29-23/h9-16H,4-8H2,1-3H3,(H2,25,27,28,30)/t16-/m0/s1. The molecule has 0 bridgehead atoms. The summed E-state index contributed by atoms with van der Waals surface area (Å²) in [6.45, 7) is 6.51. The van der Waals surface area contributed by atoms with E-state index in [0.29, 0.717) is 23.3 Å². The van der Waals surface area contributed by atoms with E-state index in [2.05, 4.69) is 48.5 Å². The van der Waals surface area contributed by atoms with E-state index in [1.165, 1.54) is 5.56 Å². The molecule has 0 fully saturated rings. The molecule has 3 rings (SSSR count). The molecular weight excluding hydrogens is 394 g/mol. The maximum absolute atomic E-state index is 11.9. The number of carbonyl (C=O) groups is 1. The molecule has 30 heavy (non-hydrogen) atoms. The summed E-state index contributed by atoms with van der Waals surface area (Å²) >= 11 is 5.23. The van der Waals surface area contributed by atoms with Gasteiger partial charge in [0.2, 0.25) is 11.8 Å². The molecule has 2 aromatic carbocycles. The third-order valence-electron chi connectivity index (χ3n) is 5.24. The van der Waals surface area contributed by atoms with Crippen LogP contribution in [0.2, 0.25) is 0 Å². The Morgan fingerprint density at radius 1 is 1.13 bits per heavy atom. The van der Waals surface area contributed by atoms with Gasteiger partial charge in [-0.15, -0.1) is 0 Å². The van der Waals surface area contributed by atoms with E-state index in [9.17, 15) is 4.79 Å². The lowest BCUT2D eigenvalue weighted by molar-refractivity contribution is -0.119. The van der Waals surface area contributed by atoms with Crippen molar-refractivity contribution in [2.45, 2.75) is 58.8 Å². The molecule has 1 atom stereocenters. The fraction of sp³-hybridized carbons (Fsp3) is 0.375. The van der Waals surface area contributed by atoms with Gasteiger partial charge in [0, 0.05) is 17.7 Å². The van der Waals surface area contributed by atoms with Crippen molar-refractivity contribution in [3.05, 3.63) is 48.0 Å². The van der Waals surface area contributed by atoms with Crippen molar-refractivity contribution >= 4 is 40.0 Å². The highest BCUT2D eigenvalue weighted by atomic mass is 32.1. The monoisotopic (exact) mass is 423 g/mol. The molecule has 0 saturated carbocycles. The Kier molecular flexibility index (Phi) is 7.57. The smallest absolute Gasteiger partial charge is 0.227 e. The molecule has 5 nitrogen and oxygen atoms in total. The molecule has 0 spiro atoms. The Bertz CT molecular complexity index is 1010. The molecule has 0 unspecified atom stereocenters. The van der Waals surface area contributed by atoms with E-state index in [-0.39, 0.29) is 5.91 Å². The SMILES string of the molecule is CCCCCC(=O)NC(=S)Nc1ccc(-c2nc3cc([C@@H](C)CC)ccc3o2)cc1. The first-order chi connectivity index (χ1) is 14.5. The second kappa shape index (κ2) is 10.3. The van der Waals surface area contributed by atoms with Gasteiger partial charge in [0.15, 0.2) is 10.7 Å². The number of oxazole rings is 1. The molecular formula is C24H29N3O2S. The van der Waals surface area contributed by atoms with Gasteiger partial charge in [-0.2, -0.15) is 0 Å². The van der Waals surface area contributed by atoms with E-state index in [4.69, 9.17) is 16.6 Å². The summed E-state index contributed by atoms with van der Waals surface area (Å²) in [5, 5.41) is 6.07. The minimum Gasteiger partial charge on any atom is -0.436 e. The Balaban J connectivity index is 1.64. The first-order valence-corrected chi connectivity index (χ1v) is 11.0. The average Bonchev–Trinajstić information content (AvgIpc) is 3.17. The normalized spacial score (nSPS) is 12.0. The number of rotatable bonds is 8. The predicted molar refractivity (Wildman–Crippen MR) is 127 cm³/mol. The largest absolute Gasteiger partial charge is 0.436 e. The molecule has 6 heteroatoms. The van der Waals surface area contributed by atoms with Gasteiger partial charge in [0.25, 0.3) is 0 Å². The lowest BCUT2D eigenvalue weighted by Crippen LogP contribution is -2.33. The highest BCUT2D eigenvalue weighted by Gasteiger charge is 2.11. The lowest BCUT2D eigenvalue weighted by atomic mass is 9.98. The van der Waals surface area contributed by atoms with Crippen LogP contribution in [0.1, 0.15) is 64.4 Å². The van der Waals surface area contributed by atoms with Crippen molar-refractivity contribution in [2.24, 2.45) is 0 Å². The molecule has 0 saturated heterocycles. The quantitative estimate of drug-likeness (QED) is 0.324. The molecule has 0 aliphatic heterocycles. The van der Waals surface area contributed by atoms with Crippen LogP contribution in [0.5, 0.6) is 0 Å². The fourth-order valence-electron chi connectivity index (χ4n) is 3.19. The van der Waals surface area contributed by atoms with E-state index in [1.54, 1.807) is 0 Å². The van der Waals surface area contributed by atoms with Crippen molar-refractivity contribution < 1.29 is 9.21 Å². The Morgan fingerprint density at radius 3 is 2.60 bits per heavy atom. The number of anilines is 1. The van der Waals surface area contributed by atoms with Crippen molar-refractivity contribution in [2.75, 3.05) is 5.32 Å². The maximum Gasteiger partial charge on any atom is 0.227 e. The van der Waals surface area contributed by atoms with Crippen LogP contribution in [-0.2, 0) is 4.79 Å². The maximum atomic E-state index is 11.9. The highest BCUT2D eigenvalue weighted by Crippen LogP contribution is 2.28. The summed E-state index contributed by atoms with van der Waals surface area (Å²) in [6.07, 6.45) is 4.59. The number of unbranched alkanes of at least 4 members (excludes halogenated alkanes) is 2. The van der Waals surface area contributed by atoms with Crippen LogP contribution in [-0.4, -0.2) is 16.0 Å². The van der Waals surface area contributed by atoms with Crippen molar-refractivity contribution in [1.29, 1.82) is 0 Å². The molecule has 1 amide bonds. The minimum absolute atomic E-state index is 0.0548. The van der Waals surface area contributed by atoms with E-state index in [1.807, 2.05) is 30.3 Å². The third-order valence-corrected chi connectivity index (χ3v) is 5.45. The van der Waals surface area contributed by atoms with Crippen LogP contribution < -0.4 is 10.6 Å². The van der Waals surface area contributed by atoms with Gasteiger partial charge < -0.3 is 15.1 Å². The van der Waals surface area contributed by atoms with Crippen molar-refractivity contribution in [3.63, 3.8) is 0 Å². The van der Waals surface area contributed by atoms with Gasteiger partial charge in [-0.3, -0.25) is 4.79 Å². The molecule has 1 aromatic heterocycles. The van der Waals surface area contributed by atoms with Crippen LogP contribution in [0, 0.1) is 0 Å². The Hall–Kier alpha value is -2.73. The Morgan fingerprint density at radius 2 is 1.90 bits per heavy atom. The first kappa shape index (κ1) is 22.0. The molecule has 3 aromatic rings. The van der Waals surface area contributed by atoms with Gasteiger partial charge in [-0.1, -0.05) is 39.7 Å². The third kappa shape index (κ3) is 5.66. The molecule has 1 heterocycles.